The van der Waals surface area contributed by atoms with Crippen molar-refractivity contribution in [3.05, 3.63) is 19.1 Å². The van der Waals surface area contributed by atoms with Gasteiger partial charge < -0.3 is 0 Å². The van der Waals surface area contributed by atoms with E-state index in [-0.39, 0.29) is 0 Å². The second-order valence-electron chi connectivity index (χ2n) is 2.73. The van der Waals surface area contributed by atoms with Gasteiger partial charge in [0.15, 0.2) is 0 Å². The summed E-state index contributed by atoms with van der Waals surface area (Å²) in [7, 11) is 0. The molecule has 0 fully saturated rings. The summed E-state index contributed by atoms with van der Waals surface area (Å²) in [4.78, 5) is 0. The monoisotopic (exact) mass is 139 g/mol. The molecule has 0 heteroatoms. The van der Waals surface area contributed by atoms with Crippen LogP contribution in [0.3, 0.4) is 0 Å². The van der Waals surface area contributed by atoms with E-state index in [2.05, 4.69) is 32.9 Å². The lowest BCUT2D eigenvalue weighted by atomic mass is 10.0. The Bertz CT molecular complexity index is 82.0. The first-order valence-electron chi connectivity index (χ1n) is 4.29. The molecule has 0 bridgehead atoms. The van der Waals surface area contributed by atoms with Crippen molar-refractivity contribution < 1.29 is 0 Å². The minimum Gasteiger partial charge on any atom is -0.0888 e. The summed E-state index contributed by atoms with van der Waals surface area (Å²) in [6, 6.07) is 0. The Labute approximate surface area is 65.3 Å². The molecule has 0 aliphatic rings. The van der Waals surface area contributed by atoms with Gasteiger partial charge in [-0.1, -0.05) is 39.3 Å². The summed E-state index contributed by atoms with van der Waals surface area (Å²) in [5.41, 5.74) is 0. The zero-order valence-electron chi connectivity index (χ0n) is 7.27. The third-order valence-corrected chi connectivity index (χ3v) is 1.72. The maximum Gasteiger partial charge on any atom is -0.0348 e. The third kappa shape index (κ3) is 5.87. The van der Waals surface area contributed by atoms with Gasteiger partial charge in [-0.2, -0.15) is 0 Å². The van der Waals surface area contributed by atoms with Crippen LogP contribution in [0.1, 0.15) is 39.5 Å². The second-order valence-corrected chi connectivity index (χ2v) is 2.73. The highest BCUT2D eigenvalue weighted by Gasteiger charge is 1.94. The van der Waals surface area contributed by atoms with Crippen LogP contribution in [0.2, 0.25) is 0 Å². The van der Waals surface area contributed by atoms with Gasteiger partial charge in [0.25, 0.3) is 0 Å². The average Bonchev–Trinajstić information content (AvgIpc) is 1.98. The first-order chi connectivity index (χ1) is 4.81. The number of hydrogen-bond acceptors (Lipinski definition) is 0. The van der Waals surface area contributed by atoms with Crippen LogP contribution in [-0.4, -0.2) is 0 Å². The molecule has 0 aromatic rings. The molecule has 0 N–H and O–H groups in total. The Morgan fingerprint density at radius 2 is 2.00 bits per heavy atom. The van der Waals surface area contributed by atoms with Crippen LogP contribution in [0.25, 0.3) is 0 Å². The van der Waals surface area contributed by atoms with Crippen molar-refractivity contribution in [1.82, 2.24) is 0 Å². The van der Waals surface area contributed by atoms with Crippen molar-refractivity contribution in [3.8, 4) is 0 Å². The molecule has 0 rings (SSSR count). The second kappa shape index (κ2) is 6.85. The van der Waals surface area contributed by atoms with Crippen LogP contribution < -0.4 is 0 Å². The van der Waals surface area contributed by atoms with E-state index in [0.717, 1.165) is 6.42 Å². The van der Waals surface area contributed by atoms with Gasteiger partial charge in [-0.3, -0.25) is 0 Å². The third-order valence-electron chi connectivity index (χ3n) is 1.72. The molecular weight excluding hydrogens is 120 g/mol. The first kappa shape index (κ1) is 9.74. The molecule has 0 saturated carbocycles. The molecule has 0 nitrogen and oxygen atoms in total. The summed E-state index contributed by atoms with van der Waals surface area (Å²) in [6.45, 7) is 8.38. The van der Waals surface area contributed by atoms with E-state index in [1.165, 1.54) is 19.3 Å². The fraction of sp³-hybridized carbons (Fsp3) is 0.700. The van der Waals surface area contributed by atoms with Crippen LogP contribution in [0, 0.1) is 12.8 Å². The van der Waals surface area contributed by atoms with Gasteiger partial charge in [0, 0.05) is 0 Å². The van der Waals surface area contributed by atoms with Gasteiger partial charge in [-0.25, -0.2) is 0 Å². The zero-order valence-corrected chi connectivity index (χ0v) is 7.27. The van der Waals surface area contributed by atoms with Gasteiger partial charge in [-0.05, 0) is 25.2 Å². The topological polar surface area (TPSA) is 0 Å². The lowest BCUT2D eigenvalue weighted by molar-refractivity contribution is 0.575. The van der Waals surface area contributed by atoms with Crippen LogP contribution >= 0.6 is 0 Å². The van der Waals surface area contributed by atoms with E-state index in [1.54, 1.807) is 0 Å². The maximum absolute atomic E-state index is 4.02. The van der Waals surface area contributed by atoms with Crippen LogP contribution in [0.15, 0.2) is 12.2 Å². The lowest BCUT2D eigenvalue weighted by Crippen LogP contribution is -1.89. The predicted molar refractivity (Wildman–Crippen MR) is 47.8 cm³/mol. The summed E-state index contributed by atoms with van der Waals surface area (Å²) in [6.07, 6.45) is 9.30. The smallest absolute Gasteiger partial charge is 0.0348 e. The molecule has 1 atom stereocenters. The molecule has 0 aliphatic carbocycles. The maximum atomic E-state index is 4.02. The quantitative estimate of drug-likeness (QED) is 0.510. The molecule has 10 heavy (non-hydrogen) atoms. The van der Waals surface area contributed by atoms with E-state index in [9.17, 15) is 0 Å². The van der Waals surface area contributed by atoms with Crippen LogP contribution in [0.5, 0.6) is 0 Å². The Balaban J connectivity index is 3.10. The fourth-order valence-electron chi connectivity index (χ4n) is 0.821. The number of allylic oxidation sites excluding steroid dienone is 2. The van der Waals surface area contributed by atoms with Crippen molar-refractivity contribution >= 4 is 0 Å². The van der Waals surface area contributed by atoms with E-state index < -0.39 is 0 Å². The van der Waals surface area contributed by atoms with Crippen molar-refractivity contribution in [3.63, 3.8) is 0 Å². The molecule has 0 aromatic carbocycles. The summed E-state index contributed by atoms with van der Waals surface area (Å²) in [5, 5.41) is 0. The molecule has 0 saturated heterocycles. The van der Waals surface area contributed by atoms with Crippen molar-refractivity contribution in [2.75, 3.05) is 0 Å². The van der Waals surface area contributed by atoms with Gasteiger partial charge in [0.2, 0.25) is 0 Å². The Hall–Kier alpha value is -0.260. The molecule has 0 aromatic heterocycles. The summed E-state index contributed by atoms with van der Waals surface area (Å²) < 4.78 is 0. The predicted octanol–water partition coefficient (Wildman–Crippen LogP) is 3.59. The van der Waals surface area contributed by atoms with Crippen molar-refractivity contribution in [2.45, 2.75) is 39.5 Å². The lowest BCUT2D eigenvalue weighted by Gasteiger charge is -2.03. The van der Waals surface area contributed by atoms with Crippen molar-refractivity contribution in [2.24, 2.45) is 5.92 Å². The minimum absolute atomic E-state index is 0.654. The summed E-state index contributed by atoms with van der Waals surface area (Å²) >= 11 is 0. The number of rotatable bonds is 5. The summed E-state index contributed by atoms with van der Waals surface area (Å²) in [5.74, 6) is 0.654. The molecule has 1 radical (unpaired) electrons. The van der Waals surface area contributed by atoms with Gasteiger partial charge >= 0.3 is 0 Å². The molecule has 0 aliphatic heterocycles. The average molecular weight is 139 g/mol. The Kier molecular flexibility index (Phi) is 6.68. The number of hydrogen-bond donors (Lipinski definition) is 0. The molecular formula is C10H19. The minimum atomic E-state index is 0.654. The van der Waals surface area contributed by atoms with Crippen molar-refractivity contribution in [1.29, 1.82) is 0 Å². The Morgan fingerprint density at radius 1 is 1.30 bits per heavy atom. The van der Waals surface area contributed by atoms with E-state index in [0.29, 0.717) is 5.92 Å². The highest BCUT2D eigenvalue weighted by molar-refractivity contribution is 4.80. The largest absolute Gasteiger partial charge is 0.0888 e. The molecule has 0 amide bonds. The van der Waals surface area contributed by atoms with E-state index in [4.69, 9.17) is 0 Å². The molecule has 0 heterocycles. The van der Waals surface area contributed by atoms with Crippen LogP contribution in [0.4, 0.5) is 0 Å². The molecule has 59 valence electrons. The van der Waals surface area contributed by atoms with E-state index >= 15 is 0 Å². The fourth-order valence-corrected chi connectivity index (χ4v) is 0.821. The Morgan fingerprint density at radius 3 is 2.50 bits per heavy atom. The highest BCUT2D eigenvalue weighted by Crippen LogP contribution is 2.08. The standard InChI is InChI=1S/C10H19/c1-4-6-7-8-9-10(3)5-2/h6-7,10H,3-5,8-9H2,1-2H3. The van der Waals surface area contributed by atoms with Gasteiger partial charge in [0.05, 0.1) is 0 Å². The molecule has 1 unspecified atom stereocenters. The first-order valence-corrected chi connectivity index (χ1v) is 4.29. The SMILES string of the molecule is [CH2]C(CC)CCC=CCC. The van der Waals surface area contributed by atoms with Gasteiger partial charge in [-0.15, -0.1) is 0 Å². The normalized spacial score (nSPS) is 14.3. The van der Waals surface area contributed by atoms with Gasteiger partial charge in [0.1, 0.15) is 0 Å². The zero-order chi connectivity index (χ0) is 7.82. The van der Waals surface area contributed by atoms with Crippen LogP contribution in [-0.2, 0) is 0 Å². The van der Waals surface area contributed by atoms with E-state index in [1.807, 2.05) is 0 Å². The molecule has 0 spiro atoms. The highest BCUT2D eigenvalue weighted by atomic mass is 14.0.